The van der Waals surface area contributed by atoms with Crippen LogP contribution < -0.4 is 9.47 Å². The first-order valence-electron chi connectivity index (χ1n) is 5.41. The molecule has 0 saturated carbocycles. The monoisotopic (exact) mass is 255 g/mol. The van der Waals surface area contributed by atoms with E-state index in [0.29, 0.717) is 11.3 Å². The van der Waals surface area contributed by atoms with Crippen LogP contribution in [0.4, 0.5) is 0 Å². The number of thiophene rings is 1. The van der Waals surface area contributed by atoms with E-state index in [1.807, 2.05) is 41.1 Å². The van der Waals surface area contributed by atoms with E-state index >= 15 is 0 Å². The molecule has 3 nitrogen and oxygen atoms in total. The summed E-state index contributed by atoms with van der Waals surface area (Å²) in [7, 11) is 0. The van der Waals surface area contributed by atoms with Crippen molar-refractivity contribution in [2.75, 3.05) is 6.79 Å². The van der Waals surface area contributed by atoms with Crippen molar-refractivity contribution in [3.8, 4) is 17.6 Å². The van der Waals surface area contributed by atoms with E-state index in [2.05, 4.69) is 6.07 Å². The van der Waals surface area contributed by atoms with Crippen LogP contribution in [0.3, 0.4) is 0 Å². The highest BCUT2D eigenvalue weighted by Gasteiger charge is 2.14. The van der Waals surface area contributed by atoms with Crippen molar-refractivity contribution in [3.63, 3.8) is 0 Å². The van der Waals surface area contributed by atoms with Gasteiger partial charge in [-0.15, -0.1) is 0 Å². The Morgan fingerprint density at radius 2 is 2.17 bits per heavy atom. The maximum Gasteiger partial charge on any atom is 0.231 e. The molecule has 2 heterocycles. The first-order chi connectivity index (χ1) is 8.86. The summed E-state index contributed by atoms with van der Waals surface area (Å²) in [6, 6.07) is 9.74. The lowest BCUT2D eigenvalue weighted by atomic mass is 10.0. The number of nitriles is 1. The van der Waals surface area contributed by atoms with E-state index in [-0.39, 0.29) is 6.79 Å². The Morgan fingerprint density at radius 3 is 2.94 bits per heavy atom. The van der Waals surface area contributed by atoms with E-state index in [9.17, 15) is 5.26 Å². The minimum atomic E-state index is 0.245. The molecule has 0 amide bonds. The van der Waals surface area contributed by atoms with Crippen molar-refractivity contribution >= 4 is 23.0 Å². The quantitative estimate of drug-likeness (QED) is 0.771. The second-order valence-electron chi connectivity index (χ2n) is 3.79. The molecule has 0 unspecified atom stereocenters. The zero-order valence-corrected chi connectivity index (χ0v) is 10.2. The number of ether oxygens (including phenoxy) is 2. The number of hydrogen-bond acceptors (Lipinski definition) is 4. The predicted molar refractivity (Wildman–Crippen MR) is 70.4 cm³/mol. The van der Waals surface area contributed by atoms with Crippen molar-refractivity contribution in [1.82, 2.24) is 0 Å². The molecule has 88 valence electrons. The zero-order chi connectivity index (χ0) is 12.4. The summed E-state index contributed by atoms with van der Waals surface area (Å²) in [4.78, 5) is 0. The third-order valence-corrected chi connectivity index (χ3v) is 3.36. The third-order valence-electron chi connectivity index (χ3n) is 2.66. The molecule has 1 aromatic carbocycles. The van der Waals surface area contributed by atoms with Crippen molar-refractivity contribution in [3.05, 3.63) is 46.2 Å². The van der Waals surface area contributed by atoms with Gasteiger partial charge in [-0.1, -0.05) is 0 Å². The van der Waals surface area contributed by atoms with Gasteiger partial charge in [0.1, 0.15) is 0 Å². The fourth-order valence-electron chi connectivity index (χ4n) is 1.77. The van der Waals surface area contributed by atoms with Crippen molar-refractivity contribution in [2.24, 2.45) is 0 Å². The van der Waals surface area contributed by atoms with Gasteiger partial charge in [0.05, 0.1) is 11.6 Å². The molecule has 0 N–H and O–H groups in total. The highest BCUT2D eigenvalue weighted by Crippen LogP contribution is 2.34. The van der Waals surface area contributed by atoms with E-state index in [4.69, 9.17) is 9.47 Å². The van der Waals surface area contributed by atoms with Gasteiger partial charge in [0.25, 0.3) is 0 Å². The number of rotatable bonds is 2. The molecule has 0 aliphatic carbocycles. The Balaban J connectivity index is 2.00. The number of hydrogen-bond donors (Lipinski definition) is 0. The van der Waals surface area contributed by atoms with E-state index in [0.717, 1.165) is 16.9 Å². The number of allylic oxidation sites excluding steroid dienone is 1. The molecule has 1 aromatic heterocycles. The Labute approximate surface area is 109 Å². The molecule has 0 saturated heterocycles. The standard InChI is InChI=1S/C14H9NO2S/c15-7-12(5-10-3-4-18-8-10)11-1-2-13-14(6-11)17-9-16-13/h1-6,8H,9H2/b12-5+. The fourth-order valence-corrected chi connectivity index (χ4v) is 2.39. The Hall–Kier alpha value is -2.25. The maximum atomic E-state index is 9.24. The largest absolute Gasteiger partial charge is 0.454 e. The molecule has 0 radical (unpaired) electrons. The van der Waals surface area contributed by atoms with Gasteiger partial charge < -0.3 is 9.47 Å². The third kappa shape index (κ3) is 1.96. The van der Waals surface area contributed by atoms with Crippen LogP contribution in [-0.2, 0) is 0 Å². The van der Waals surface area contributed by atoms with Crippen LogP contribution in [0.25, 0.3) is 11.6 Å². The van der Waals surface area contributed by atoms with Crippen molar-refractivity contribution in [1.29, 1.82) is 5.26 Å². The minimum absolute atomic E-state index is 0.245. The van der Waals surface area contributed by atoms with Gasteiger partial charge in [0.2, 0.25) is 6.79 Å². The second kappa shape index (κ2) is 4.55. The van der Waals surface area contributed by atoms with Crippen LogP contribution in [0.2, 0.25) is 0 Å². The first kappa shape index (κ1) is 10.9. The maximum absolute atomic E-state index is 9.24. The topological polar surface area (TPSA) is 42.2 Å². The van der Waals surface area contributed by atoms with Crippen LogP contribution in [0, 0.1) is 11.3 Å². The van der Waals surface area contributed by atoms with Crippen molar-refractivity contribution < 1.29 is 9.47 Å². The molecule has 0 bridgehead atoms. The predicted octanol–water partition coefficient (Wildman–Crippen LogP) is 3.54. The normalized spacial score (nSPS) is 13.4. The van der Waals surface area contributed by atoms with Gasteiger partial charge in [0, 0.05) is 0 Å². The zero-order valence-electron chi connectivity index (χ0n) is 9.42. The summed E-state index contributed by atoms with van der Waals surface area (Å²) in [6.07, 6.45) is 1.87. The molecule has 1 aliphatic rings. The van der Waals surface area contributed by atoms with Crippen LogP contribution in [0.1, 0.15) is 11.1 Å². The highest BCUT2D eigenvalue weighted by molar-refractivity contribution is 7.08. The SMILES string of the molecule is N#C/C(=C\c1ccsc1)c1ccc2c(c1)OCO2. The van der Waals surface area contributed by atoms with Crippen molar-refractivity contribution in [2.45, 2.75) is 0 Å². The molecular weight excluding hydrogens is 246 g/mol. The lowest BCUT2D eigenvalue weighted by molar-refractivity contribution is 0.174. The molecular formula is C14H9NO2S. The van der Waals surface area contributed by atoms with Gasteiger partial charge in [-0.25, -0.2) is 0 Å². The molecule has 1 aliphatic heterocycles. The van der Waals surface area contributed by atoms with Gasteiger partial charge in [-0.2, -0.15) is 16.6 Å². The average Bonchev–Trinajstić information content (AvgIpc) is 3.06. The summed E-state index contributed by atoms with van der Waals surface area (Å²) in [6.45, 7) is 0.245. The number of nitrogens with zero attached hydrogens (tertiary/aromatic N) is 1. The minimum Gasteiger partial charge on any atom is -0.454 e. The van der Waals surface area contributed by atoms with Crippen LogP contribution in [-0.4, -0.2) is 6.79 Å². The molecule has 0 fully saturated rings. The number of benzene rings is 1. The Morgan fingerprint density at radius 1 is 1.28 bits per heavy atom. The van der Waals surface area contributed by atoms with Crippen LogP contribution in [0.15, 0.2) is 35.0 Å². The lowest BCUT2D eigenvalue weighted by Crippen LogP contribution is -1.92. The number of fused-ring (bicyclic) bond motifs is 1. The Bertz CT molecular complexity index is 638. The van der Waals surface area contributed by atoms with Gasteiger partial charge in [0.15, 0.2) is 11.5 Å². The summed E-state index contributed by atoms with van der Waals surface area (Å²) >= 11 is 1.61. The summed E-state index contributed by atoms with van der Waals surface area (Å²) in [5, 5.41) is 13.2. The summed E-state index contributed by atoms with van der Waals surface area (Å²) in [5.41, 5.74) is 2.49. The van der Waals surface area contributed by atoms with E-state index in [1.54, 1.807) is 11.3 Å². The molecule has 0 atom stereocenters. The van der Waals surface area contributed by atoms with Crippen LogP contribution in [0.5, 0.6) is 11.5 Å². The first-order valence-corrected chi connectivity index (χ1v) is 6.35. The van der Waals surface area contributed by atoms with Crippen LogP contribution >= 0.6 is 11.3 Å². The molecule has 18 heavy (non-hydrogen) atoms. The molecule has 2 aromatic rings. The Kier molecular flexibility index (Phi) is 2.75. The molecule has 3 rings (SSSR count). The van der Waals surface area contributed by atoms with E-state index in [1.165, 1.54) is 0 Å². The summed E-state index contributed by atoms with van der Waals surface area (Å²) in [5.74, 6) is 1.42. The molecule has 0 spiro atoms. The highest BCUT2D eigenvalue weighted by atomic mass is 32.1. The molecule has 4 heteroatoms. The van der Waals surface area contributed by atoms with Gasteiger partial charge in [-0.05, 0) is 52.2 Å². The second-order valence-corrected chi connectivity index (χ2v) is 4.57. The average molecular weight is 255 g/mol. The van der Waals surface area contributed by atoms with E-state index < -0.39 is 0 Å². The smallest absolute Gasteiger partial charge is 0.231 e. The van der Waals surface area contributed by atoms with Gasteiger partial charge in [-0.3, -0.25) is 0 Å². The lowest BCUT2D eigenvalue weighted by Gasteiger charge is -2.01. The van der Waals surface area contributed by atoms with Gasteiger partial charge >= 0.3 is 0 Å². The summed E-state index contributed by atoms with van der Waals surface area (Å²) < 4.78 is 10.6. The fraction of sp³-hybridized carbons (Fsp3) is 0.0714.